The fraction of sp³-hybridized carbons (Fsp3) is 0.368. The summed E-state index contributed by atoms with van der Waals surface area (Å²) >= 11 is 0. The Morgan fingerprint density at radius 2 is 1.71 bits per heavy atom. The molecule has 0 spiro atoms. The van der Waals surface area contributed by atoms with Crippen molar-refractivity contribution in [3.8, 4) is 5.75 Å². The molecule has 1 N–H and O–H groups in total. The molecule has 21 heavy (non-hydrogen) atoms. The van der Waals surface area contributed by atoms with E-state index < -0.39 is 0 Å². The fourth-order valence-corrected chi connectivity index (χ4v) is 2.35. The quantitative estimate of drug-likeness (QED) is 0.753. The highest BCUT2D eigenvalue weighted by Gasteiger charge is 2.07. The molecule has 112 valence electrons. The predicted molar refractivity (Wildman–Crippen MR) is 90.1 cm³/mol. The summed E-state index contributed by atoms with van der Waals surface area (Å²) in [7, 11) is 0. The molecule has 2 nitrogen and oxygen atoms in total. The van der Waals surface area contributed by atoms with Crippen LogP contribution in [0.4, 0.5) is 5.69 Å². The van der Waals surface area contributed by atoms with Crippen LogP contribution in [0.1, 0.15) is 44.2 Å². The van der Waals surface area contributed by atoms with Gasteiger partial charge in [-0.1, -0.05) is 57.2 Å². The summed E-state index contributed by atoms with van der Waals surface area (Å²) in [5.41, 5.74) is 3.76. The Morgan fingerprint density at radius 1 is 1.00 bits per heavy atom. The number of ether oxygens (including phenoxy) is 1. The third-order valence-electron chi connectivity index (χ3n) is 3.49. The van der Waals surface area contributed by atoms with E-state index in [9.17, 15) is 0 Å². The lowest BCUT2D eigenvalue weighted by atomic mass is 10.0. The van der Waals surface area contributed by atoms with Crippen LogP contribution in [0, 0.1) is 0 Å². The van der Waals surface area contributed by atoms with Gasteiger partial charge in [0.2, 0.25) is 0 Å². The van der Waals surface area contributed by atoms with E-state index >= 15 is 0 Å². The molecule has 0 heterocycles. The molecule has 0 atom stereocenters. The first-order chi connectivity index (χ1) is 10.2. The maximum atomic E-state index is 5.81. The SMILES string of the molecule is CCCOc1ccccc1CNc1ccccc1C(C)C. The standard InChI is InChI=1S/C19H25NO/c1-4-13-21-19-12-8-5-9-16(19)14-20-18-11-7-6-10-17(18)15(2)3/h5-12,15,20H,4,13-14H2,1-3H3. The van der Waals surface area contributed by atoms with Gasteiger partial charge in [-0.25, -0.2) is 0 Å². The molecule has 2 aromatic rings. The number of rotatable bonds is 7. The van der Waals surface area contributed by atoms with Crippen LogP contribution in [0.15, 0.2) is 48.5 Å². The molecule has 0 aliphatic carbocycles. The molecule has 0 amide bonds. The maximum absolute atomic E-state index is 5.81. The second-order valence-electron chi connectivity index (χ2n) is 5.55. The van der Waals surface area contributed by atoms with Gasteiger partial charge in [-0.05, 0) is 30.0 Å². The lowest BCUT2D eigenvalue weighted by molar-refractivity contribution is 0.314. The summed E-state index contributed by atoms with van der Waals surface area (Å²) in [6, 6.07) is 16.8. The molecule has 0 saturated carbocycles. The van der Waals surface area contributed by atoms with Crippen molar-refractivity contribution in [1.82, 2.24) is 0 Å². The average Bonchev–Trinajstić information content (AvgIpc) is 2.52. The third-order valence-corrected chi connectivity index (χ3v) is 3.49. The first-order valence-electron chi connectivity index (χ1n) is 7.76. The minimum atomic E-state index is 0.514. The van der Waals surface area contributed by atoms with Crippen molar-refractivity contribution in [2.24, 2.45) is 0 Å². The summed E-state index contributed by atoms with van der Waals surface area (Å²) in [5.74, 6) is 1.49. The van der Waals surface area contributed by atoms with Crippen LogP contribution < -0.4 is 10.1 Å². The lowest BCUT2D eigenvalue weighted by Gasteiger charge is -2.16. The van der Waals surface area contributed by atoms with Crippen LogP contribution in [0.25, 0.3) is 0 Å². The van der Waals surface area contributed by atoms with Crippen LogP contribution >= 0.6 is 0 Å². The fourth-order valence-electron chi connectivity index (χ4n) is 2.35. The molecule has 0 aliphatic heterocycles. The highest BCUT2D eigenvalue weighted by molar-refractivity contribution is 5.53. The number of hydrogen-bond donors (Lipinski definition) is 1. The highest BCUT2D eigenvalue weighted by atomic mass is 16.5. The smallest absolute Gasteiger partial charge is 0.124 e. The number of para-hydroxylation sites is 2. The topological polar surface area (TPSA) is 21.3 Å². The predicted octanol–water partition coefficient (Wildman–Crippen LogP) is 5.21. The van der Waals surface area contributed by atoms with Crippen molar-refractivity contribution in [2.45, 2.75) is 39.7 Å². The normalized spacial score (nSPS) is 10.7. The van der Waals surface area contributed by atoms with Gasteiger partial charge in [0.15, 0.2) is 0 Å². The molecule has 0 fully saturated rings. The number of anilines is 1. The molecule has 2 aromatic carbocycles. The second-order valence-corrected chi connectivity index (χ2v) is 5.55. The Morgan fingerprint density at radius 3 is 2.48 bits per heavy atom. The summed E-state index contributed by atoms with van der Waals surface area (Å²) in [6.07, 6.45) is 1.03. The van der Waals surface area contributed by atoms with Crippen molar-refractivity contribution < 1.29 is 4.74 Å². The molecule has 0 aromatic heterocycles. The van der Waals surface area contributed by atoms with Gasteiger partial charge in [0.25, 0.3) is 0 Å². The largest absolute Gasteiger partial charge is 0.493 e. The lowest BCUT2D eigenvalue weighted by Crippen LogP contribution is -2.06. The van der Waals surface area contributed by atoms with Gasteiger partial charge in [-0.2, -0.15) is 0 Å². The molecule has 2 rings (SSSR count). The maximum Gasteiger partial charge on any atom is 0.124 e. The Hall–Kier alpha value is -1.96. The third kappa shape index (κ3) is 4.25. The number of nitrogens with one attached hydrogen (secondary N) is 1. The summed E-state index contributed by atoms with van der Waals surface area (Å²) in [5, 5.41) is 3.55. The van der Waals surface area contributed by atoms with Crippen molar-refractivity contribution in [3.63, 3.8) is 0 Å². The van der Waals surface area contributed by atoms with Crippen molar-refractivity contribution in [2.75, 3.05) is 11.9 Å². The van der Waals surface area contributed by atoms with Crippen LogP contribution in [0.3, 0.4) is 0 Å². The van der Waals surface area contributed by atoms with Crippen LogP contribution in [0.5, 0.6) is 5.75 Å². The Kier molecular flexibility index (Phi) is 5.68. The van der Waals surface area contributed by atoms with E-state index in [-0.39, 0.29) is 0 Å². The molecule has 0 radical (unpaired) electrons. The molecular formula is C19H25NO. The summed E-state index contributed by atoms with van der Waals surface area (Å²) in [6.45, 7) is 8.11. The first-order valence-corrected chi connectivity index (χ1v) is 7.76. The van der Waals surface area contributed by atoms with Gasteiger partial charge >= 0.3 is 0 Å². The van der Waals surface area contributed by atoms with E-state index in [1.54, 1.807) is 0 Å². The van der Waals surface area contributed by atoms with E-state index in [0.29, 0.717) is 5.92 Å². The number of hydrogen-bond acceptors (Lipinski definition) is 2. The molecule has 0 unspecified atom stereocenters. The molecule has 0 aliphatic rings. The van der Waals surface area contributed by atoms with Crippen molar-refractivity contribution in [3.05, 3.63) is 59.7 Å². The van der Waals surface area contributed by atoms with Crippen molar-refractivity contribution in [1.29, 1.82) is 0 Å². The average molecular weight is 283 g/mol. The zero-order valence-electron chi connectivity index (χ0n) is 13.2. The zero-order chi connectivity index (χ0) is 15.1. The van der Waals surface area contributed by atoms with Crippen molar-refractivity contribution >= 4 is 5.69 Å². The summed E-state index contributed by atoms with van der Waals surface area (Å²) < 4.78 is 5.81. The van der Waals surface area contributed by atoms with Gasteiger partial charge < -0.3 is 10.1 Å². The van der Waals surface area contributed by atoms with E-state index in [0.717, 1.165) is 25.3 Å². The Labute approximate surface area is 128 Å². The Balaban J connectivity index is 2.10. The minimum absolute atomic E-state index is 0.514. The summed E-state index contributed by atoms with van der Waals surface area (Å²) in [4.78, 5) is 0. The van der Waals surface area contributed by atoms with Crippen LogP contribution in [0.2, 0.25) is 0 Å². The van der Waals surface area contributed by atoms with Crippen LogP contribution in [-0.4, -0.2) is 6.61 Å². The van der Waals surface area contributed by atoms with Crippen LogP contribution in [-0.2, 0) is 6.54 Å². The van der Waals surface area contributed by atoms with Gasteiger partial charge in [0.1, 0.15) is 5.75 Å². The van der Waals surface area contributed by atoms with Gasteiger partial charge in [0, 0.05) is 17.8 Å². The van der Waals surface area contributed by atoms with E-state index in [1.165, 1.54) is 16.8 Å². The van der Waals surface area contributed by atoms with E-state index in [2.05, 4.69) is 62.5 Å². The van der Waals surface area contributed by atoms with Gasteiger partial charge in [0.05, 0.1) is 6.61 Å². The number of benzene rings is 2. The van der Waals surface area contributed by atoms with E-state index in [4.69, 9.17) is 4.74 Å². The highest BCUT2D eigenvalue weighted by Crippen LogP contribution is 2.25. The van der Waals surface area contributed by atoms with Gasteiger partial charge in [-0.3, -0.25) is 0 Å². The van der Waals surface area contributed by atoms with E-state index in [1.807, 2.05) is 12.1 Å². The molecule has 0 bridgehead atoms. The zero-order valence-corrected chi connectivity index (χ0v) is 13.2. The minimum Gasteiger partial charge on any atom is -0.493 e. The second kappa shape index (κ2) is 7.72. The molecule has 0 saturated heterocycles. The Bertz CT molecular complexity index is 563. The van der Waals surface area contributed by atoms with Gasteiger partial charge in [-0.15, -0.1) is 0 Å². The molecular weight excluding hydrogens is 258 g/mol. The first kappa shape index (κ1) is 15.4. The monoisotopic (exact) mass is 283 g/mol. The molecule has 2 heteroatoms.